The molecular formula is C29H21ClO2S2. The molecule has 0 atom stereocenters. The molecule has 0 fully saturated rings. The van der Waals surface area contributed by atoms with Crippen molar-refractivity contribution in [2.45, 2.75) is 33.1 Å². The number of rotatable bonds is 3. The molecule has 168 valence electrons. The molecule has 2 heterocycles. The lowest BCUT2D eigenvalue weighted by Crippen LogP contribution is -2.20. The molecule has 2 nitrogen and oxygen atoms in total. The van der Waals surface area contributed by atoms with Crippen LogP contribution in [0.1, 0.15) is 72.0 Å². The van der Waals surface area contributed by atoms with Crippen molar-refractivity contribution >= 4 is 57.0 Å². The molecule has 0 saturated heterocycles. The minimum absolute atomic E-state index is 0.0776. The van der Waals surface area contributed by atoms with Gasteiger partial charge in [-0.2, -0.15) is 0 Å². The van der Waals surface area contributed by atoms with E-state index in [0.29, 0.717) is 22.3 Å². The summed E-state index contributed by atoms with van der Waals surface area (Å²) in [7, 11) is 0. The highest BCUT2D eigenvalue weighted by Crippen LogP contribution is 2.47. The van der Waals surface area contributed by atoms with Gasteiger partial charge in [0.05, 0.1) is 4.34 Å². The quantitative estimate of drug-likeness (QED) is 0.248. The zero-order valence-corrected chi connectivity index (χ0v) is 21.2. The fourth-order valence-corrected chi connectivity index (χ4v) is 7.52. The van der Waals surface area contributed by atoms with E-state index in [1.807, 2.05) is 24.3 Å². The van der Waals surface area contributed by atoms with Crippen LogP contribution in [0.25, 0.3) is 21.6 Å². The van der Waals surface area contributed by atoms with Crippen LogP contribution in [0.3, 0.4) is 0 Å². The first-order chi connectivity index (χ1) is 16.4. The predicted octanol–water partition coefficient (Wildman–Crippen LogP) is 8.62. The van der Waals surface area contributed by atoms with Crippen LogP contribution in [0.2, 0.25) is 4.34 Å². The molecule has 0 N–H and O–H groups in total. The summed E-state index contributed by atoms with van der Waals surface area (Å²) in [5.74, 6) is -0.156. The molecule has 4 aromatic rings. The molecule has 0 spiro atoms. The van der Waals surface area contributed by atoms with Crippen molar-refractivity contribution in [2.24, 2.45) is 0 Å². The predicted molar refractivity (Wildman–Crippen MR) is 143 cm³/mol. The van der Waals surface area contributed by atoms with E-state index in [-0.39, 0.29) is 11.6 Å². The van der Waals surface area contributed by atoms with Crippen LogP contribution in [0.5, 0.6) is 0 Å². The van der Waals surface area contributed by atoms with Crippen molar-refractivity contribution in [3.05, 3.63) is 102 Å². The van der Waals surface area contributed by atoms with Gasteiger partial charge in [0.25, 0.3) is 0 Å². The summed E-state index contributed by atoms with van der Waals surface area (Å²) in [4.78, 5) is 29.8. The molecule has 0 unspecified atom stereocenters. The summed E-state index contributed by atoms with van der Waals surface area (Å²) in [5, 5.41) is 0. The Hall–Kier alpha value is -2.79. The molecule has 0 amide bonds. The van der Waals surface area contributed by atoms with Crippen LogP contribution in [0, 0.1) is 13.8 Å². The highest BCUT2D eigenvalue weighted by atomic mass is 35.5. The second-order valence-corrected chi connectivity index (χ2v) is 12.0. The van der Waals surface area contributed by atoms with E-state index in [1.165, 1.54) is 32.0 Å². The highest BCUT2D eigenvalue weighted by molar-refractivity contribution is 7.16. The molecule has 0 saturated carbocycles. The van der Waals surface area contributed by atoms with Gasteiger partial charge in [0.15, 0.2) is 11.6 Å². The van der Waals surface area contributed by atoms with E-state index < -0.39 is 0 Å². The lowest BCUT2D eigenvalue weighted by molar-refractivity contribution is 0.0979. The fraction of sp³-hybridized carbons (Fsp3) is 0.172. The van der Waals surface area contributed by atoms with Gasteiger partial charge in [-0.3, -0.25) is 9.59 Å². The van der Waals surface area contributed by atoms with Gasteiger partial charge in [-0.15, -0.1) is 22.7 Å². The molecule has 0 aliphatic heterocycles. The third kappa shape index (κ3) is 3.36. The Kier molecular flexibility index (Phi) is 5.21. The first kappa shape index (κ1) is 21.7. The van der Waals surface area contributed by atoms with E-state index >= 15 is 0 Å². The maximum atomic E-state index is 13.2. The molecule has 2 aliphatic rings. The number of allylic oxidation sites excluding steroid dienone is 2. The first-order valence-corrected chi connectivity index (χ1v) is 13.4. The lowest BCUT2D eigenvalue weighted by atomic mass is 9.83. The monoisotopic (exact) mass is 500 g/mol. The number of carbonyl (C=O) groups excluding carboxylic acids is 2. The largest absolute Gasteiger partial charge is 0.289 e. The average Bonchev–Trinajstić information content (AvgIpc) is 3.55. The summed E-state index contributed by atoms with van der Waals surface area (Å²) in [6, 6.07) is 17.1. The molecule has 6 rings (SSSR count). The number of benzene rings is 2. The van der Waals surface area contributed by atoms with Gasteiger partial charge in [0.2, 0.25) is 0 Å². The lowest BCUT2D eigenvalue weighted by Gasteiger charge is -2.17. The molecule has 34 heavy (non-hydrogen) atoms. The van der Waals surface area contributed by atoms with Crippen LogP contribution in [0.15, 0.2) is 54.6 Å². The SMILES string of the molecule is Cc1sc(Cl)cc1C1=C(c2cc(-c3ccc4c(c3)C(=O)c3ccccc3C4=O)sc2C)CCC1. The van der Waals surface area contributed by atoms with Gasteiger partial charge < -0.3 is 0 Å². The summed E-state index contributed by atoms with van der Waals surface area (Å²) in [6.07, 6.45) is 3.28. The fourth-order valence-electron chi connectivity index (χ4n) is 5.26. The Labute approximate surface area is 211 Å². The zero-order chi connectivity index (χ0) is 23.6. The summed E-state index contributed by atoms with van der Waals surface area (Å²) < 4.78 is 0.837. The standard InChI is InChI=1S/C29H21ClO2S2/c1-15-23(18-8-5-9-19(18)24-14-27(30)34-16(24)2)13-26(33-15)17-10-11-22-25(12-17)29(32)21-7-4-3-6-20(21)28(22)31/h3-4,6-7,10-14H,5,8-9H2,1-2H3. The molecule has 2 aromatic heterocycles. The molecule has 2 aliphatic carbocycles. The minimum Gasteiger partial charge on any atom is -0.289 e. The number of ketones is 2. The van der Waals surface area contributed by atoms with Crippen LogP contribution in [0.4, 0.5) is 0 Å². The number of halogens is 1. The summed E-state index contributed by atoms with van der Waals surface area (Å²) >= 11 is 9.70. The van der Waals surface area contributed by atoms with Crippen LogP contribution in [-0.4, -0.2) is 11.6 Å². The number of thiophene rings is 2. The summed E-state index contributed by atoms with van der Waals surface area (Å²) in [5.41, 5.74) is 8.35. The number of hydrogen-bond acceptors (Lipinski definition) is 4. The van der Waals surface area contributed by atoms with E-state index in [1.54, 1.807) is 40.9 Å². The topological polar surface area (TPSA) is 34.1 Å². The Balaban J connectivity index is 1.43. The maximum absolute atomic E-state index is 13.2. The van der Waals surface area contributed by atoms with Crippen molar-refractivity contribution < 1.29 is 9.59 Å². The highest BCUT2D eigenvalue weighted by Gasteiger charge is 2.30. The van der Waals surface area contributed by atoms with Crippen LogP contribution < -0.4 is 0 Å². The van der Waals surface area contributed by atoms with Crippen molar-refractivity contribution in [1.82, 2.24) is 0 Å². The van der Waals surface area contributed by atoms with Crippen molar-refractivity contribution in [3.8, 4) is 10.4 Å². The van der Waals surface area contributed by atoms with Gasteiger partial charge in [-0.05, 0) is 85.2 Å². The average molecular weight is 501 g/mol. The summed E-state index contributed by atoms with van der Waals surface area (Å²) in [6.45, 7) is 4.31. The Morgan fingerprint density at radius 2 is 1.26 bits per heavy atom. The molecule has 2 aromatic carbocycles. The second-order valence-electron chi connectivity index (χ2n) is 8.88. The zero-order valence-electron chi connectivity index (χ0n) is 18.8. The van der Waals surface area contributed by atoms with Gasteiger partial charge in [-0.1, -0.05) is 41.9 Å². The third-order valence-electron chi connectivity index (χ3n) is 6.88. The Bertz CT molecular complexity index is 1550. The molecule has 0 radical (unpaired) electrons. The molecule has 0 bridgehead atoms. The minimum atomic E-state index is -0.0784. The number of hydrogen-bond donors (Lipinski definition) is 0. The number of carbonyl (C=O) groups is 2. The normalized spacial score (nSPS) is 15.1. The molecule has 5 heteroatoms. The van der Waals surface area contributed by atoms with Crippen molar-refractivity contribution in [2.75, 3.05) is 0 Å². The van der Waals surface area contributed by atoms with Crippen molar-refractivity contribution in [3.63, 3.8) is 0 Å². The van der Waals surface area contributed by atoms with Crippen LogP contribution >= 0.6 is 34.3 Å². The van der Waals surface area contributed by atoms with Gasteiger partial charge in [0, 0.05) is 36.9 Å². The van der Waals surface area contributed by atoms with E-state index in [9.17, 15) is 9.59 Å². The van der Waals surface area contributed by atoms with E-state index in [4.69, 9.17) is 11.6 Å². The van der Waals surface area contributed by atoms with Gasteiger partial charge in [0.1, 0.15) is 0 Å². The third-order valence-corrected chi connectivity index (χ3v) is 9.16. The Morgan fingerprint density at radius 3 is 1.91 bits per heavy atom. The number of fused-ring (bicyclic) bond motifs is 2. The van der Waals surface area contributed by atoms with E-state index in [0.717, 1.165) is 34.0 Å². The second kappa shape index (κ2) is 8.16. The number of aryl methyl sites for hydroxylation is 2. The van der Waals surface area contributed by atoms with E-state index in [2.05, 4.69) is 26.0 Å². The van der Waals surface area contributed by atoms with Crippen LogP contribution in [-0.2, 0) is 0 Å². The maximum Gasteiger partial charge on any atom is 0.194 e. The molecular weight excluding hydrogens is 480 g/mol. The van der Waals surface area contributed by atoms with Gasteiger partial charge >= 0.3 is 0 Å². The first-order valence-electron chi connectivity index (χ1n) is 11.3. The van der Waals surface area contributed by atoms with Gasteiger partial charge in [-0.25, -0.2) is 0 Å². The smallest absolute Gasteiger partial charge is 0.194 e. The Morgan fingerprint density at radius 1 is 0.676 bits per heavy atom. The van der Waals surface area contributed by atoms with Crippen molar-refractivity contribution in [1.29, 1.82) is 0 Å².